The van der Waals surface area contributed by atoms with E-state index in [1.807, 2.05) is 0 Å². The second-order valence-electron chi connectivity index (χ2n) is 3.03. The van der Waals surface area contributed by atoms with Gasteiger partial charge in [-0.2, -0.15) is 0 Å². The van der Waals surface area contributed by atoms with Crippen LogP contribution in [0.4, 0.5) is 0 Å². The fraction of sp³-hybridized carbons (Fsp3) is 0.667. The van der Waals surface area contributed by atoms with E-state index in [1.165, 1.54) is 5.57 Å². The van der Waals surface area contributed by atoms with E-state index < -0.39 is 0 Å². The molecule has 0 amide bonds. The minimum absolute atomic E-state index is 0.293. The first kappa shape index (κ1) is 7.52. The Balaban J connectivity index is 2.53. The zero-order valence-electron chi connectivity index (χ0n) is 6.52. The molecule has 1 aliphatic carbocycles. The molecule has 1 fully saturated rings. The molecule has 1 nitrogen and oxygen atoms in total. The molecule has 0 aromatic rings. The van der Waals surface area contributed by atoms with E-state index in [1.54, 1.807) is 0 Å². The lowest BCUT2D eigenvalue weighted by Gasteiger charge is -2.20. The summed E-state index contributed by atoms with van der Waals surface area (Å²) in [5.74, 6) is 0.733. The van der Waals surface area contributed by atoms with Crippen molar-refractivity contribution in [2.75, 3.05) is 0 Å². The number of Topliss-reactive ketones (excluding diaryl/α,β-unsaturated/α-hetero) is 1. The number of carbonyl (C=O) groups excluding carboxylic acids is 1. The minimum atomic E-state index is 0.293. The first-order valence-electron chi connectivity index (χ1n) is 3.93. The second kappa shape index (κ2) is 3.00. The molecule has 1 rings (SSSR count). The normalized spacial score (nSPS) is 27.1. The van der Waals surface area contributed by atoms with Gasteiger partial charge in [0.25, 0.3) is 0 Å². The van der Waals surface area contributed by atoms with Crippen LogP contribution in [0.3, 0.4) is 0 Å². The summed E-state index contributed by atoms with van der Waals surface area (Å²) < 4.78 is 0. The van der Waals surface area contributed by atoms with Gasteiger partial charge in [0.1, 0.15) is 5.78 Å². The Morgan fingerprint density at radius 2 is 2.30 bits per heavy atom. The highest BCUT2D eigenvalue weighted by Crippen LogP contribution is 2.26. The quantitative estimate of drug-likeness (QED) is 0.508. The first-order chi connectivity index (χ1) is 4.74. The van der Waals surface area contributed by atoms with E-state index in [-0.39, 0.29) is 0 Å². The molecule has 0 bridgehead atoms. The van der Waals surface area contributed by atoms with Crippen molar-refractivity contribution in [2.24, 2.45) is 5.92 Å². The molecule has 1 unspecified atom stereocenters. The maximum atomic E-state index is 11.1. The molecule has 10 heavy (non-hydrogen) atoms. The zero-order valence-corrected chi connectivity index (χ0v) is 6.52. The van der Waals surface area contributed by atoms with Gasteiger partial charge in [-0.1, -0.05) is 19.1 Å². The van der Waals surface area contributed by atoms with Gasteiger partial charge in [-0.05, 0) is 19.3 Å². The smallest absolute Gasteiger partial charge is 0.136 e. The van der Waals surface area contributed by atoms with Gasteiger partial charge in [0, 0.05) is 12.3 Å². The van der Waals surface area contributed by atoms with Crippen LogP contribution in [0.1, 0.15) is 32.6 Å². The van der Waals surface area contributed by atoms with Crippen LogP contribution in [0, 0.1) is 5.92 Å². The maximum absolute atomic E-state index is 11.1. The van der Waals surface area contributed by atoms with Crippen LogP contribution < -0.4 is 0 Å². The van der Waals surface area contributed by atoms with Crippen LogP contribution >= 0.6 is 0 Å². The average molecular weight is 138 g/mol. The summed E-state index contributed by atoms with van der Waals surface area (Å²) in [5, 5.41) is 0. The molecule has 1 aliphatic rings. The topological polar surface area (TPSA) is 17.1 Å². The Kier molecular flexibility index (Phi) is 2.25. The SMILES string of the molecule is C=C1CCC(=O)C(CC)C1. The number of allylic oxidation sites excluding steroid dienone is 1. The summed E-state index contributed by atoms with van der Waals surface area (Å²) in [4.78, 5) is 11.1. The molecular weight excluding hydrogens is 124 g/mol. The summed E-state index contributed by atoms with van der Waals surface area (Å²) in [6.45, 7) is 5.97. The predicted octanol–water partition coefficient (Wildman–Crippen LogP) is 2.32. The Hall–Kier alpha value is -0.590. The highest BCUT2D eigenvalue weighted by molar-refractivity contribution is 5.82. The zero-order chi connectivity index (χ0) is 7.56. The van der Waals surface area contributed by atoms with Crippen molar-refractivity contribution >= 4 is 5.78 Å². The molecule has 1 saturated carbocycles. The third kappa shape index (κ3) is 1.47. The van der Waals surface area contributed by atoms with Crippen LogP contribution in [0.5, 0.6) is 0 Å². The van der Waals surface area contributed by atoms with Gasteiger partial charge >= 0.3 is 0 Å². The number of carbonyl (C=O) groups is 1. The van der Waals surface area contributed by atoms with Crippen LogP contribution in [0.15, 0.2) is 12.2 Å². The van der Waals surface area contributed by atoms with Gasteiger partial charge in [-0.25, -0.2) is 0 Å². The summed E-state index contributed by atoms with van der Waals surface area (Å²) in [7, 11) is 0. The Morgan fingerprint density at radius 1 is 1.60 bits per heavy atom. The molecule has 1 heteroatoms. The summed E-state index contributed by atoms with van der Waals surface area (Å²) in [5.41, 5.74) is 1.26. The molecule has 0 aliphatic heterocycles. The molecule has 1 atom stereocenters. The van der Waals surface area contributed by atoms with Crippen LogP contribution in [-0.2, 0) is 4.79 Å². The monoisotopic (exact) mass is 138 g/mol. The molecule has 0 N–H and O–H groups in total. The van der Waals surface area contributed by atoms with Gasteiger partial charge in [0.2, 0.25) is 0 Å². The van der Waals surface area contributed by atoms with Gasteiger partial charge in [0.15, 0.2) is 0 Å². The molecule has 0 heterocycles. The Labute approximate surface area is 62.1 Å². The number of rotatable bonds is 1. The van der Waals surface area contributed by atoms with Gasteiger partial charge in [-0.3, -0.25) is 4.79 Å². The van der Waals surface area contributed by atoms with Crippen LogP contribution in [0.25, 0.3) is 0 Å². The third-order valence-corrected chi connectivity index (χ3v) is 2.21. The van der Waals surface area contributed by atoms with Crippen molar-refractivity contribution in [3.05, 3.63) is 12.2 Å². The third-order valence-electron chi connectivity index (χ3n) is 2.21. The first-order valence-corrected chi connectivity index (χ1v) is 3.93. The number of hydrogen-bond acceptors (Lipinski definition) is 1. The molecule has 0 saturated heterocycles. The molecule has 56 valence electrons. The number of ketones is 1. The van der Waals surface area contributed by atoms with E-state index in [2.05, 4.69) is 13.5 Å². The minimum Gasteiger partial charge on any atom is -0.299 e. The predicted molar refractivity (Wildman–Crippen MR) is 41.8 cm³/mol. The van der Waals surface area contributed by atoms with Crippen LogP contribution in [0.2, 0.25) is 0 Å². The van der Waals surface area contributed by atoms with Crippen molar-refractivity contribution in [2.45, 2.75) is 32.6 Å². The van der Waals surface area contributed by atoms with Gasteiger partial charge < -0.3 is 0 Å². The molecular formula is C9H14O. The van der Waals surface area contributed by atoms with E-state index in [9.17, 15) is 4.79 Å². The highest BCUT2D eigenvalue weighted by Gasteiger charge is 2.21. The summed E-state index contributed by atoms with van der Waals surface area (Å²) in [6.07, 6.45) is 3.58. The summed E-state index contributed by atoms with van der Waals surface area (Å²) in [6, 6.07) is 0. The summed E-state index contributed by atoms with van der Waals surface area (Å²) >= 11 is 0. The standard InChI is InChI=1S/C9H14O/c1-3-8-6-7(2)4-5-9(8)10/h8H,2-6H2,1H3. The molecule has 0 aromatic heterocycles. The molecule has 0 radical (unpaired) electrons. The second-order valence-corrected chi connectivity index (χ2v) is 3.03. The van der Waals surface area contributed by atoms with E-state index in [0.29, 0.717) is 11.7 Å². The van der Waals surface area contributed by atoms with Crippen molar-refractivity contribution in [3.63, 3.8) is 0 Å². The fourth-order valence-corrected chi connectivity index (χ4v) is 1.44. The van der Waals surface area contributed by atoms with Gasteiger partial charge in [0.05, 0.1) is 0 Å². The largest absolute Gasteiger partial charge is 0.299 e. The van der Waals surface area contributed by atoms with E-state index in [4.69, 9.17) is 0 Å². The van der Waals surface area contributed by atoms with Crippen LogP contribution in [-0.4, -0.2) is 5.78 Å². The van der Waals surface area contributed by atoms with Crippen molar-refractivity contribution in [1.29, 1.82) is 0 Å². The van der Waals surface area contributed by atoms with Crippen molar-refractivity contribution in [1.82, 2.24) is 0 Å². The Bertz CT molecular complexity index is 158. The van der Waals surface area contributed by atoms with Crippen molar-refractivity contribution in [3.8, 4) is 0 Å². The molecule has 0 spiro atoms. The maximum Gasteiger partial charge on any atom is 0.136 e. The number of hydrogen-bond donors (Lipinski definition) is 0. The van der Waals surface area contributed by atoms with Crippen molar-refractivity contribution < 1.29 is 4.79 Å². The Morgan fingerprint density at radius 3 is 2.80 bits per heavy atom. The fourth-order valence-electron chi connectivity index (χ4n) is 1.44. The lowest BCUT2D eigenvalue weighted by molar-refractivity contribution is -0.123. The highest BCUT2D eigenvalue weighted by atomic mass is 16.1. The average Bonchev–Trinajstić information content (AvgIpc) is 1.94. The lowest BCUT2D eigenvalue weighted by atomic mass is 9.84. The van der Waals surface area contributed by atoms with E-state index in [0.717, 1.165) is 25.7 Å². The molecule has 0 aromatic carbocycles. The lowest BCUT2D eigenvalue weighted by Crippen LogP contribution is -2.18. The van der Waals surface area contributed by atoms with Gasteiger partial charge in [-0.15, -0.1) is 0 Å². The van der Waals surface area contributed by atoms with E-state index >= 15 is 0 Å².